The fourth-order valence-electron chi connectivity index (χ4n) is 1.94. The van der Waals surface area contributed by atoms with Crippen LogP contribution in [0, 0.1) is 11.8 Å². The van der Waals surface area contributed by atoms with Gasteiger partial charge in [-0.05, 0) is 44.4 Å². The minimum absolute atomic E-state index is 0.224. The number of nitrogens with one attached hydrogen (secondary N) is 1. The molecular formula is C11H17NO3. The van der Waals surface area contributed by atoms with Crippen molar-refractivity contribution in [3.05, 3.63) is 0 Å². The Bertz CT molecular complexity index is 257. The zero-order chi connectivity index (χ0) is 10.8. The van der Waals surface area contributed by atoms with E-state index in [4.69, 9.17) is 0 Å². The van der Waals surface area contributed by atoms with Gasteiger partial charge in [-0.25, -0.2) is 4.79 Å². The monoisotopic (exact) mass is 211 g/mol. The lowest BCUT2D eigenvalue weighted by Gasteiger charge is -2.16. The van der Waals surface area contributed by atoms with E-state index in [-0.39, 0.29) is 12.6 Å². The van der Waals surface area contributed by atoms with Crippen molar-refractivity contribution >= 4 is 11.9 Å². The predicted octanol–water partition coefficient (Wildman–Crippen LogP) is 0.854. The second-order valence-electron chi connectivity index (χ2n) is 4.39. The molecule has 1 N–H and O–H groups in total. The molecule has 0 unspecified atom stereocenters. The van der Waals surface area contributed by atoms with E-state index in [1.54, 1.807) is 6.92 Å². The zero-order valence-electron chi connectivity index (χ0n) is 8.99. The lowest BCUT2D eigenvalue weighted by atomic mass is 10.1. The van der Waals surface area contributed by atoms with Crippen molar-refractivity contribution < 1.29 is 14.3 Å². The summed E-state index contributed by atoms with van der Waals surface area (Å²) in [6, 6.07) is 0.224. The van der Waals surface area contributed by atoms with Gasteiger partial charge in [0.25, 0.3) is 0 Å². The number of carbonyl (C=O) groups is 2. The Hall–Kier alpha value is -1.06. The molecule has 2 rings (SSSR count). The molecule has 0 radical (unpaired) electrons. The number of hydrogen-bond donors (Lipinski definition) is 1. The molecule has 2 aliphatic carbocycles. The summed E-state index contributed by atoms with van der Waals surface area (Å²) in [5.74, 6) is -0.101. The molecule has 0 aliphatic heterocycles. The van der Waals surface area contributed by atoms with E-state index in [1.807, 2.05) is 0 Å². The van der Waals surface area contributed by atoms with Crippen molar-refractivity contribution in [2.75, 3.05) is 6.61 Å². The van der Waals surface area contributed by atoms with Crippen molar-refractivity contribution in [2.45, 2.75) is 38.6 Å². The number of carbonyl (C=O) groups excluding carboxylic acids is 2. The van der Waals surface area contributed by atoms with E-state index in [0.717, 1.165) is 0 Å². The SMILES string of the molecule is CCOC(=O)C(=O)NC(C1CC1)C1CC1. The normalized spacial score (nSPS) is 20.1. The Morgan fingerprint density at radius 2 is 1.80 bits per heavy atom. The third-order valence-electron chi connectivity index (χ3n) is 3.02. The molecule has 0 bridgehead atoms. The molecule has 0 atom stereocenters. The van der Waals surface area contributed by atoms with E-state index >= 15 is 0 Å². The van der Waals surface area contributed by atoms with Crippen LogP contribution in [0.1, 0.15) is 32.6 Å². The van der Waals surface area contributed by atoms with Crippen LogP contribution < -0.4 is 5.32 Å². The third-order valence-corrected chi connectivity index (χ3v) is 3.02. The van der Waals surface area contributed by atoms with Crippen molar-refractivity contribution in [2.24, 2.45) is 11.8 Å². The maximum Gasteiger partial charge on any atom is 0.396 e. The van der Waals surface area contributed by atoms with Gasteiger partial charge in [0.05, 0.1) is 6.61 Å². The predicted molar refractivity (Wildman–Crippen MR) is 54.0 cm³/mol. The van der Waals surface area contributed by atoms with Crippen LogP contribution in [0.3, 0.4) is 0 Å². The number of amides is 1. The molecular weight excluding hydrogens is 194 g/mol. The van der Waals surface area contributed by atoms with Gasteiger partial charge in [0.2, 0.25) is 0 Å². The number of ether oxygens (including phenoxy) is 1. The summed E-state index contributed by atoms with van der Waals surface area (Å²) in [6.07, 6.45) is 4.74. The quantitative estimate of drug-likeness (QED) is 0.554. The summed E-state index contributed by atoms with van der Waals surface area (Å²) in [5, 5.41) is 2.81. The zero-order valence-corrected chi connectivity index (χ0v) is 8.99. The molecule has 0 aromatic heterocycles. The first-order valence-electron chi connectivity index (χ1n) is 5.70. The van der Waals surface area contributed by atoms with E-state index < -0.39 is 11.9 Å². The van der Waals surface area contributed by atoms with E-state index in [9.17, 15) is 9.59 Å². The molecule has 0 heterocycles. The first-order chi connectivity index (χ1) is 7.22. The van der Waals surface area contributed by atoms with Gasteiger partial charge >= 0.3 is 11.9 Å². The minimum atomic E-state index is -0.746. The van der Waals surface area contributed by atoms with Crippen LogP contribution in [0.2, 0.25) is 0 Å². The maximum atomic E-state index is 11.4. The molecule has 0 spiro atoms. The van der Waals surface area contributed by atoms with Crippen LogP contribution in [-0.4, -0.2) is 24.5 Å². The summed E-state index contributed by atoms with van der Waals surface area (Å²) in [6.45, 7) is 1.95. The lowest BCUT2D eigenvalue weighted by Crippen LogP contribution is -2.42. The Labute approximate surface area is 89.4 Å². The molecule has 0 saturated heterocycles. The average molecular weight is 211 g/mol. The Balaban J connectivity index is 1.82. The number of esters is 1. The van der Waals surface area contributed by atoms with Crippen LogP contribution in [0.4, 0.5) is 0 Å². The van der Waals surface area contributed by atoms with Gasteiger partial charge in [0.15, 0.2) is 0 Å². The highest BCUT2D eigenvalue weighted by atomic mass is 16.5. The van der Waals surface area contributed by atoms with Crippen molar-refractivity contribution in [1.82, 2.24) is 5.32 Å². The van der Waals surface area contributed by atoms with Gasteiger partial charge in [0, 0.05) is 6.04 Å². The van der Waals surface area contributed by atoms with Gasteiger partial charge in [0.1, 0.15) is 0 Å². The second-order valence-corrected chi connectivity index (χ2v) is 4.39. The molecule has 15 heavy (non-hydrogen) atoms. The Morgan fingerprint density at radius 1 is 1.27 bits per heavy atom. The molecule has 4 nitrogen and oxygen atoms in total. The third kappa shape index (κ3) is 2.70. The molecule has 2 fully saturated rings. The molecule has 0 aromatic rings. The van der Waals surface area contributed by atoms with Crippen LogP contribution in [0.5, 0.6) is 0 Å². The molecule has 84 valence electrons. The van der Waals surface area contributed by atoms with Crippen molar-refractivity contribution in [3.8, 4) is 0 Å². The van der Waals surface area contributed by atoms with Gasteiger partial charge in [-0.2, -0.15) is 0 Å². The van der Waals surface area contributed by atoms with Crippen molar-refractivity contribution in [3.63, 3.8) is 0 Å². The van der Waals surface area contributed by atoms with E-state index in [2.05, 4.69) is 10.1 Å². The summed E-state index contributed by atoms with van der Waals surface area (Å²) in [5.41, 5.74) is 0. The van der Waals surface area contributed by atoms with Crippen LogP contribution in [0.15, 0.2) is 0 Å². The molecule has 1 amide bonds. The highest BCUT2D eigenvalue weighted by Crippen LogP contribution is 2.44. The first kappa shape index (κ1) is 10.5. The summed E-state index contributed by atoms with van der Waals surface area (Å²) >= 11 is 0. The maximum absolute atomic E-state index is 11.4. The fraction of sp³-hybridized carbons (Fsp3) is 0.818. The van der Waals surface area contributed by atoms with E-state index in [0.29, 0.717) is 11.8 Å². The Morgan fingerprint density at radius 3 is 2.20 bits per heavy atom. The molecule has 0 aromatic carbocycles. The average Bonchev–Trinajstić information content (AvgIpc) is 3.03. The van der Waals surface area contributed by atoms with Gasteiger partial charge in [-0.15, -0.1) is 0 Å². The summed E-state index contributed by atoms with van der Waals surface area (Å²) in [7, 11) is 0. The summed E-state index contributed by atoms with van der Waals surface area (Å²) < 4.78 is 4.65. The number of rotatable bonds is 4. The standard InChI is InChI=1S/C11H17NO3/c1-2-15-11(14)10(13)12-9(7-3-4-7)8-5-6-8/h7-9H,2-6H2,1H3,(H,12,13). The van der Waals surface area contributed by atoms with Gasteiger partial charge in [-0.1, -0.05) is 0 Å². The Kier molecular flexibility index (Phi) is 2.93. The topological polar surface area (TPSA) is 55.4 Å². The van der Waals surface area contributed by atoms with Crippen molar-refractivity contribution in [1.29, 1.82) is 0 Å². The van der Waals surface area contributed by atoms with Gasteiger partial charge < -0.3 is 10.1 Å². The molecule has 4 heteroatoms. The van der Waals surface area contributed by atoms with Crippen LogP contribution in [0.25, 0.3) is 0 Å². The molecule has 2 aliphatic rings. The van der Waals surface area contributed by atoms with Crippen LogP contribution in [-0.2, 0) is 14.3 Å². The minimum Gasteiger partial charge on any atom is -0.459 e. The first-order valence-corrected chi connectivity index (χ1v) is 5.70. The highest BCUT2D eigenvalue weighted by molar-refractivity contribution is 6.32. The van der Waals surface area contributed by atoms with Crippen LogP contribution >= 0.6 is 0 Å². The smallest absolute Gasteiger partial charge is 0.396 e. The fourth-order valence-corrected chi connectivity index (χ4v) is 1.94. The van der Waals surface area contributed by atoms with Gasteiger partial charge in [-0.3, -0.25) is 4.79 Å². The van der Waals surface area contributed by atoms with E-state index in [1.165, 1.54) is 25.7 Å². The molecule has 2 saturated carbocycles. The number of hydrogen-bond acceptors (Lipinski definition) is 3. The summed E-state index contributed by atoms with van der Waals surface area (Å²) in [4.78, 5) is 22.6. The highest BCUT2D eigenvalue weighted by Gasteiger charge is 2.42. The largest absolute Gasteiger partial charge is 0.459 e. The second kappa shape index (κ2) is 4.21. The lowest BCUT2D eigenvalue weighted by molar-refractivity contribution is -0.155.